The van der Waals surface area contributed by atoms with Crippen LogP contribution in [0, 0.1) is 0 Å². The minimum Gasteiger partial charge on any atom is -0.494 e. The highest BCUT2D eigenvalue weighted by Gasteiger charge is 2.11. The van der Waals surface area contributed by atoms with Crippen molar-refractivity contribution in [1.29, 1.82) is 0 Å². The summed E-state index contributed by atoms with van der Waals surface area (Å²) in [5.74, 6) is 0.571. The van der Waals surface area contributed by atoms with Gasteiger partial charge in [-0.2, -0.15) is 5.10 Å². The van der Waals surface area contributed by atoms with Crippen LogP contribution in [-0.4, -0.2) is 22.7 Å². The van der Waals surface area contributed by atoms with Gasteiger partial charge in [-0.15, -0.1) is 0 Å². The predicted octanol–water partition coefficient (Wildman–Crippen LogP) is 4.06. The van der Waals surface area contributed by atoms with Gasteiger partial charge in [-0.1, -0.05) is 35.9 Å². The third-order valence-electron chi connectivity index (χ3n) is 3.61. The molecule has 128 valence electrons. The maximum atomic E-state index is 12.3. The van der Waals surface area contributed by atoms with E-state index < -0.39 is 0 Å². The van der Waals surface area contributed by atoms with Crippen molar-refractivity contribution in [1.82, 2.24) is 15.5 Å². The fraction of sp³-hybridized carbons (Fsp3) is 0.158. The summed E-state index contributed by atoms with van der Waals surface area (Å²) in [5, 5.41) is 10.4. The summed E-state index contributed by atoms with van der Waals surface area (Å²) in [7, 11) is 0. The van der Waals surface area contributed by atoms with Crippen LogP contribution < -0.4 is 10.1 Å². The van der Waals surface area contributed by atoms with E-state index in [4.69, 9.17) is 16.3 Å². The van der Waals surface area contributed by atoms with Gasteiger partial charge in [0.25, 0.3) is 5.91 Å². The maximum absolute atomic E-state index is 12.3. The summed E-state index contributed by atoms with van der Waals surface area (Å²) in [4.78, 5) is 12.3. The van der Waals surface area contributed by atoms with Crippen molar-refractivity contribution < 1.29 is 9.53 Å². The molecular formula is C19H18ClN3O2. The van der Waals surface area contributed by atoms with Crippen LogP contribution in [0.2, 0.25) is 5.02 Å². The number of aromatic amines is 1. The second kappa shape index (κ2) is 7.85. The number of amides is 1. The molecule has 0 aliphatic rings. The van der Waals surface area contributed by atoms with Gasteiger partial charge in [-0.05, 0) is 42.8 Å². The van der Waals surface area contributed by atoms with Crippen LogP contribution in [0.15, 0.2) is 54.6 Å². The number of carbonyl (C=O) groups excluding carboxylic acids is 1. The molecule has 0 aliphatic heterocycles. The largest absolute Gasteiger partial charge is 0.494 e. The van der Waals surface area contributed by atoms with Gasteiger partial charge in [0.15, 0.2) is 0 Å². The number of halogens is 1. The highest BCUT2D eigenvalue weighted by Crippen LogP contribution is 2.21. The van der Waals surface area contributed by atoms with E-state index in [0.29, 0.717) is 29.6 Å². The SMILES string of the molecule is CCOc1cccc(CNC(=O)c2cc(-c3cccc(Cl)c3)n[nH]2)c1. The van der Waals surface area contributed by atoms with Gasteiger partial charge in [0.1, 0.15) is 11.4 Å². The number of benzene rings is 2. The van der Waals surface area contributed by atoms with Gasteiger partial charge < -0.3 is 10.1 Å². The van der Waals surface area contributed by atoms with E-state index in [2.05, 4.69) is 15.5 Å². The van der Waals surface area contributed by atoms with E-state index in [1.165, 1.54) is 0 Å². The van der Waals surface area contributed by atoms with Crippen LogP contribution in [-0.2, 0) is 6.54 Å². The lowest BCUT2D eigenvalue weighted by Crippen LogP contribution is -2.23. The van der Waals surface area contributed by atoms with Crippen LogP contribution >= 0.6 is 11.6 Å². The summed E-state index contributed by atoms with van der Waals surface area (Å²) in [5.41, 5.74) is 2.89. The number of hydrogen-bond acceptors (Lipinski definition) is 3. The first-order valence-electron chi connectivity index (χ1n) is 7.97. The van der Waals surface area contributed by atoms with Crippen LogP contribution in [0.4, 0.5) is 0 Å². The van der Waals surface area contributed by atoms with Crippen LogP contribution in [0.25, 0.3) is 11.3 Å². The van der Waals surface area contributed by atoms with Gasteiger partial charge in [0, 0.05) is 17.1 Å². The van der Waals surface area contributed by atoms with Crippen molar-refractivity contribution in [2.24, 2.45) is 0 Å². The van der Waals surface area contributed by atoms with E-state index in [0.717, 1.165) is 16.9 Å². The predicted molar refractivity (Wildman–Crippen MR) is 97.8 cm³/mol. The molecular weight excluding hydrogens is 338 g/mol. The summed E-state index contributed by atoms with van der Waals surface area (Å²) < 4.78 is 5.46. The lowest BCUT2D eigenvalue weighted by atomic mass is 10.1. The third-order valence-corrected chi connectivity index (χ3v) is 3.84. The number of nitrogens with one attached hydrogen (secondary N) is 2. The standard InChI is InChI=1S/C19H18ClN3O2/c1-2-25-16-8-3-5-13(9-16)12-21-19(24)18-11-17(22-23-18)14-6-4-7-15(20)10-14/h3-11H,2,12H2,1H3,(H,21,24)(H,22,23). The second-order valence-corrected chi connectivity index (χ2v) is 5.88. The number of nitrogens with zero attached hydrogens (tertiary/aromatic N) is 1. The lowest BCUT2D eigenvalue weighted by molar-refractivity contribution is 0.0946. The smallest absolute Gasteiger partial charge is 0.269 e. The molecule has 1 amide bonds. The molecule has 5 nitrogen and oxygen atoms in total. The van der Waals surface area contributed by atoms with Crippen molar-refractivity contribution in [2.45, 2.75) is 13.5 Å². The number of aromatic nitrogens is 2. The summed E-state index contributed by atoms with van der Waals surface area (Å²) in [6.45, 7) is 2.95. The Morgan fingerprint density at radius 1 is 1.20 bits per heavy atom. The van der Waals surface area contributed by atoms with E-state index in [-0.39, 0.29) is 5.91 Å². The average molecular weight is 356 g/mol. The zero-order chi connectivity index (χ0) is 17.6. The summed E-state index contributed by atoms with van der Waals surface area (Å²) in [6.07, 6.45) is 0. The first-order valence-corrected chi connectivity index (χ1v) is 8.35. The molecule has 0 saturated heterocycles. The highest BCUT2D eigenvalue weighted by molar-refractivity contribution is 6.30. The molecule has 0 spiro atoms. The van der Waals surface area contributed by atoms with E-state index >= 15 is 0 Å². The summed E-state index contributed by atoms with van der Waals surface area (Å²) >= 11 is 5.99. The van der Waals surface area contributed by atoms with E-state index in [9.17, 15) is 4.79 Å². The molecule has 25 heavy (non-hydrogen) atoms. The minimum atomic E-state index is -0.220. The van der Waals surface area contributed by atoms with E-state index in [1.54, 1.807) is 18.2 Å². The first-order chi connectivity index (χ1) is 12.2. The normalized spacial score (nSPS) is 10.5. The molecule has 0 atom stereocenters. The highest BCUT2D eigenvalue weighted by atomic mass is 35.5. The van der Waals surface area contributed by atoms with Crippen molar-refractivity contribution in [3.63, 3.8) is 0 Å². The quantitative estimate of drug-likeness (QED) is 0.700. The Balaban J connectivity index is 1.65. The second-order valence-electron chi connectivity index (χ2n) is 5.44. The minimum absolute atomic E-state index is 0.220. The molecule has 0 aliphatic carbocycles. The number of ether oxygens (including phenoxy) is 1. The zero-order valence-electron chi connectivity index (χ0n) is 13.8. The van der Waals surface area contributed by atoms with Crippen molar-refractivity contribution in [2.75, 3.05) is 6.61 Å². The molecule has 1 aromatic heterocycles. The molecule has 2 aromatic carbocycles. The molecule has 3 aromatic rings. The fourth-order valence-electron chi connectivity index (χ4n) is 2.42. The maximum Gasteiger partial charge on any atom is 0.269 e. The molecule has 0 saturated carbocycles. The number of H-pyrrole nitrogens is 1. The molecule has 3 rings (SSSR count). The fourth-order valence-corrected chi connectivity index (χ4v) is 2.61. The molecule has 0 fully saturated rings. The van der Waals surface area contributed by atoms with Gasteiger partial charge >= 0.3 is 0 Å². The lowest BCUT2D eigenvalue weighted by Gasteiger charge is -2.07. The number of hydrogen-bond donors (Lipinski definition) is 2. The Morgan fingerprint density at radius 3 is 2.84 bits per heavy atom. The van der Waals surface area contributed by atoms with Crippen molar-refractivity contribution in [3.05, 3.63) is 70.9 Å². The van der Waals surface area contributed by atoms with Crippen molar-refractivity contribution in [3.8, 4) is 17.0 Å². The molecule has 2 N–H and O–H groups in total. The van der Waals surface area contributed by atoms with E-state index in [1.807, 2.05) is 43.3 Å². The van der Waals surface area contributed by atoms with Gasteiger partial charge in [-0.3, -0.25) is 9.89 Å². The molecule has 1 heterocycles. The topological polar surface area (TPSA) is 67.0 Å². The average Bonchev–Trinajstić information content (AvgIpc) is 3.11. The van der Waals surface area contributed by atoms with Crippen LogP contribution in [0.1, 0.15) is 23.0 Å². The zero-order valence-corrected chi connectivity index (χ0v) is 14.5. The summed E-state index contributed by atoms with van der Waals surface area (Å²) in [6, 6.07) is 16.7. The molecule has 6 heteroatoms. The molecule has 0 radical (unpaired) electrons. The Hall–Kier alpha value is -2.79. The Labute approximate surface area is 151 Å². The van der Waals surface area contributed by atoms with Crippen LogP contribution in [0.5, 0.6) is 5.75 Å². The van der Waals surface area contributed by atoms with Gasteiger partial charge in [0.05, 0.1) is 12.3 Å². The third kappa shape index (κ3) is 4.39. The van der Waals surface area contributed by atoms with Crippen LogP contribution in [0.3, 0.4) is 0 Å². The first kappa shape index (κ1) is 17.0. The number of rotatable bonds is 6. The Bertz CT molecular complexity index is 876. The molecule has 0 bridgehead atoms. The Morgan fingerprint density at radius 2 is 2.04 bits per heavy atom. The van der Waals surface area contributed by atoms with Gasteiger partial charge in [-0.25, -0.2) is 0 Å². The monoisotopic (exact) mass is 355 g/mol. The molecule has 0 unspecified atom stereocenters. The van der Waals surface area contributed by atoms with Gasteiger partial charge in [0.2, 0.25) is 0 Å². The number of carbonyl (C=O) groups is 1. The van der Waals surface area contributed by atoms with Crippen molar-refractivity contribution >= 4 is 17.5 Å². The Kier molecular flexibility index (Phi) is 5.36.